The van der Waals surface area contributed by atoms with E-state index in [9.17, 15) is 4.79 Å². The van der Waals surface area contributed by atoms with Crippen LogP contribution in [-0.2, 0) is 4.79 Å². The molecule has 1 aromatic rings. The lowest BCUT2D eigenvalue weighted by Gasteiger charge is -2.28. The van der Waals surface area contributed by atoms with Crippen LogP contribution in [0.4, 0.5) is 11.4 Å². The van der Waals surface area contributed by atoms with Crippen molar-refractivity contribution in [3.05, 3.63) is 23.8 Å². The molecule has 0 aromatic heterocycles. The van der Waals surface area contributed by atoms with Crippen molar-refractivity contribution in [1.82, 2.24) is 0 Å². The highest BCUT2D eigenvalue weighted by atomic mass is 16.4. The van der Waals surface area contributed by atoms with Crippen molar-refractivity contribution in [2.24, 2.45) is 5.92 Å². The van der Waals surface area contributed by atoms with Gasteiger partial charge in [0.15, 0.2) is 0 Å². The first-order chi connectivity index (χ1) is 9.47. The Bertz CT molecular complexity index is 485. The van der Waals surface area contributed by atoms with E-state index in [0.29, 0.717) is 0 Å². The molecule has 4 nitrogen and oxygen atoms in total. The molecule has 2 atom stereocenters. The Morgan fingerprint density at radius 3 is 2.75 bits per heavy atom. The average molecular weight is 276 g/mol. The van der Waals surface area contributed by atoms with Gasteiger partial charge < -0.3 is 15.3 Å². The Labute approximate surface area is 120 Å². The highest BCUT2D eigenvalue weighted by Crippen LogP contribution is 2.29. The molecule has 0 saturated heterocycles. The van der Waals surface area contributed by atoms with Gasteiger partial charge >= 0.3 is 5.97 Å². The van der Waals surface area contributed by atoms with E-state index in [2.05, 4.69) is 35.3 Å². The van der Waals surface area contributed by atoms with Crippen molar-refractivity contribution < 1.29 is 9.90 Å². The Morgan fingerprint density at radius 1 is 1.35 bits per heavy atom. The molecule has 1 aromatic carbocycles. The number of rotatable bonds is 4. The van der Waals surface area contributed by atoms with Gasteiger partial charge in [-0.15, -0.1) is 0 Å². The molecule has 0 aliphatic heterocycles. The summed E-state index contributed by atoms with van der Waals surface area (Å²) in [5, 5.41) is 12.6. The molecular formula is C16H24N2O2. The van der Waals surface area contributed by atoms with Crippen molar-refractivity contribution >= 4 is 17.3 Å². The second-order valence-electron chi connectivity index (χ2n) is 5.94. The van der Waals surface area contributed by atoms with Gasteiger partial charge in [-0.3, -0.25) is 4.79 Å². The van der Waals surface area contributed by atoms with Crippen LogP contribution in [-0.4, -0.2) is 31.2 Å². The lowest BCUT2D eigenvalue weighted by atomic mass is 9.85. The lowest BCUT2D eigenvalue weighted by molar-refractivity contribution is -0.142. The molecule has 0 amide bonds. The smallest absolute Gasteiger partial charge is 0.306 e. The number of benzene rings is 1. The first-order valence-electron chi connectivity index (χ1n) is 7.24. The van der Waals surface area contributed by atoms with Crippen molar-refractivity contribution in [3.8, 4) is 0 Å². The monoisotopic (exact) mass is 276 g/mol. The molecule has 4 heteroatoms. The molecule has 0 heterocycles. The number of anilines is 2. The molecular weight excluding hydrogens is 252 g/mol. The lowest BCUT2D eigenvalue weighted by Crippen LogP contribution is -2.31. The van der Waals surface area contributed by atoms with E-state index in [1.54, 1.807) is 0 Å². The predicted octanol–water partition coefficient (Wildman–Crippen LogP) is 3.12. The molecule has 2 unspecified atom stereocenters. The van der Waals surface area contributed by atoms with Crippen LogP contribution in [0.3, 0.4) is 0 Å². The van der Waals surface area contributed by atoms with Crippen molar-refractivity contribution in [2.75, 3.05) is 24.3 Å². The molecule has 2 rings (SSSR count). The number of aryl methyl sites for hydroxylation is 1. The van der Waals surface area contributed by atoms with Gasteiger partial charge in [0.25, 0.3) is 0 Å². The van der Waals surface area contributed by atoms with Gasteiger partial charge in [0.1, 0.15) is 0 Å². The summed E-state index contributed by atoms with van der Waals surface area (Å²) in [6.07, 6.45) is 3.57. The average Bonchev–Trinajstić information content (AvgIpc) is 2.41. The largest absolute Gasteiger partial charge is 0.481 e. The van der Waals surface area contributed by atoms with E-state index in [1.807, 2.05) is 14.1 Å². The summed E-state index contributed by atoms with van der Waals surface area (Å²) in [5.41, 5.74) is 3.52. The second-order valence-corrected chi connectivity index (χ2v) is 5.94. The molecule has 1 fully saturated rings. The normalized spacial score (nSPS) is 22.4. The molecule has 1 saturated carbocycles. The maximum absolute atomic E-state index is 11.1. The van der Waals surface area contributed by atoms with Gasteiger partial charge in [-0.25, -0.2) is 0 Å². The summed E-state index contributed by atoms with van der Waals surface area (Å²) >= 11 is 0. The molecule has 20 heavy (non-hydrogen) atoms. The van der Waals surface area contributed by atoms with Gasteiger partial charge in [-0.05, 0) is 43.9 Å². The maximum Gasteiger partial charge on any atom is 0.306 e. The van der Waals surface area contributed by atoms with E-state index in [1.165, 1.54) is 11.3 Å². The van der Waals surface area contributed by atoms with Gasteiger partial charge in [0.05, 0.1) is 5.92 Å². The topological polar surface area (TPSA) is 52.6 Å². The quantitative estimate of drug-likeness (QED) is 0.887. The molecule has 2 N–H and O–H groups in total. The summed E-state index contributed by atoms with van der Waals surface area (Å²) in [6.45, 7) is 2.10. The highest BCUT2D eigenvalue weighted by Gasteiger charge is 2.26. The van der Waals surface area contributed by atoms with Crippen LogP contribution in [0.2, 0.25) is 0 Å². The Hall–Kier alpha value is -1.71. The summed E-state index contributed by atoms with van der Waals surface area (Å²) in [6, 6.07) is 6.59. The van der Waals surface area contributed by atoms with Crippen LogP contribution in [0, 0.1) is 12.8 Å². The second kappa shape index (κ2) is 6.16. The highest BCUT2D eigenvalue weighted by molar-refractivity contribution is 5.70. The Balaban J connectivity index is 2.06. The zero-order valence-corrected chi connectivity index (χ0v) is 12.5. The Morgan fingerprint density at radius 2 is 2.10 bits per heavy atom. The van der Waals surface area contributed by atoms with Crippen LogP contribution in [0.15, 0.2) is 18.2 Å². The zero-order chi connectivity index (χ0) is 14.7. The number of nitrogens with zero attached hydrogens (tertiary/aromatic N) is 1. The summed E-state index contributed by atoms with van der Waals surface area (Å²) in [7, 11) is 4.07. The third-order valence-corrected chi connectivity index (χ3v) is 4.09. The fourth-order valence-corrected chi connectivity index (χ4v) is 2.96. The van der Waals surface area contributed by atoms with Crippen molar-refractivity contribution in [1.29, 1.82) is 0 Å². The van der Waals surface area contributed by atoms with Gasteiger partial charge in [-0.1, -0.05) is 12.5 Å². The first kappa shape index (κ1) is 14.7. The van der Waals surface area contributed by atoms with Gasteiger partial charge in [-0.2, -0.15) is 0 Å². The zero-order valence-electron chi connectivity index (χ0n) is 12.5. The van der Waals surface area contributed by atoms with E-state index in [4.69, 9.17) is 5.11 Å². The number of hydrogen-bond donors (Lipinski definition) is 2. The Kier molecular flexibility index (Phi) is 4.53. The number of aliphatic carboxylic acids is 1. The van der Waals surface area contributed by atoms with Gasteiger partial charge in [0, 0.05) is 31.5 Å². The van der Waals surface area contributed by atoms with Crippen molar-refractivity contribution in [2.45, 2.75) is 38.6 Å². The maximum atomic E-state index is 11.1. The summed E-state index contributed by atoms with van der Waals surface area (Å²) < 4.78 is 0. The number of nitrogens with one attached hydrogen (secondary N) is 1. The number of carboxylic acid groups (broad SMARTS) is 1. The fourth-order valence-electron chi connectivity index (χ4n) is 2.96. The number of hydrogen-bond acceptors (Lipinski definition) is 3. The fraction of sp³-hybridized carbons (Fsp3) is 0.562. The number of carbonyl (C=O) groups is 1. The minimum atomic E-state index is -0.658. The van der Waals surface area contributed by atoms with E-state index in [-0.39, 0.29) is 12.0 Å². The minimum absolute atomic E-state index is 0.194. The standard InChI is InChI=1S/C16H24N2O2/c1-11-7-8-14(10-15(11)18(2)3)17-13-6-4-5-12(9-13)16(19)20/h7-8,10,12-13,17H,4-6,9H2,1-3H3,(H,19,20). The first-order valence-corrected chi connectivity index (χ1v) is 7.24. The molecule has 1 aliphatic rings. The third-order valence-electron chi connectivity index (χ3n) is 4.09. The molecule has 0 radical (unpaired) electrons. The van der Waals surface area contributed by atoms with E-state index in [0.717, 1.165) is 31.4 Å². The van der Waals surface area contributed by atoms with Crippen LogP contribution in [0.5, 0.6) is 0 Å². The van der Waals surface area contributed by atoms with E-state index >= 15 is 0 Å². The van der Waals surface area contributed by atoms with E-state index < -0.39 is 5.97 Å². The predicted molar refractivity (Wildman–Crippen MR) is 82.5 cm³/mol. The molecule has 0 spiro atoms. The van der Waals surface area contributed by atoms with Crippen LogP contribution >= 0.6 is 0 Å². The molecule has 0 bridgehead atoms. The molecule has 1 aliphatic carbocycles. The van der Waals surface area contributed by atoms with Gasteiger partial charge in [0.2, 0.25) is 0 Å². The molecule has 110 valence electrons. The summed E-state index contributed by atoms with van der Waals surface area (Å²) in [4.78, 5) is 13.2. The van der Waals surface area contributed by atoms with Crippen LogP contribution in [0.1, 0.15) is 31.2 Å². The van der Waals surface area contributed by atoms with Crippen molar-refractivity contribution in [3.63, 3.8) is 0 Å². The number of carboxylic acids is 1. The minimum Gasteiger partial charge on any atom is -0.481 e. The van der Waals surface area contributed by atoms with Crippen LogP contribution < -0.4 is 10.2 Å². The third kappa shape index (κ3) is 3.44. The van der Waals surface area contributed by atoms with Crippen LogP contribution in [0.25, 0.3) is 0 Å². The SMILES string of the molecule is Cc1ccc(NC2CCCC(C(=O)O)C2)cc1N(C)C. The summed E-state index contributed by atoms with van der Waals surface area (Å²) in [5.74, 6) is -0.852.